The van der Waals surface area contributed by atoms with E-state index in [0.29, 0.717) is 29.1 Å². The third-order valence-corrected chi connectivity index (χ3v) is 4.48. The maximum atomic E-state index is 13.0. The number of ether oxygens (including phenoxy) is 1. The topological polar surface area (TPSA) is 49.9 Å². The van der Waals surface area contributed by atoms with Gasteiger partial charge in [-0.3, -0.25) is 14.5 Å². The van der Waals surface area contributed by atoms with E-state index in [1.165, 1.54) is 4.90 Å². The Kier molecular flexibility index (Phi) is 5.41. The average molecular weight is 362 g/mol. The Bertz CT molecular complexity index is 886. The lowest BCUT2D eigenvalue weighted by atomic mass is 10.0. The molecule has 0 radical (unpaired) electrons. The lowest BCUT2D eigenvalue weighted by molar-refractivity contribution is -0.136. The third kappa shape index (κ3) is 3.62. The second kappa shape index (κ2) is 7.91. The van der Waals surface area contributed by atoms with Gasteiger partial charge in [0.2, 0.25) is 0 Å². The number of nitrogens with zero attached hydrogens (tertiary/aromatic N) is 2. The third-order valence-electron chi connectivity index (χ3n) is 4.48. The van der Waals surface area contributed by atoms with Crippen molar-refractivity contribution in [2.75, 3.05) is 20.7 Å². The van der Waals surface area contributed by atoms with Gasteiger partial charge < -0.3 is 9.64 Å². The van der Waals surface area contributed by atoms with Crippen LogP contribution in [0.15, 0.2) is 72.9 Å². The summed E-state index contributed by atoms with van der Waals surface area (Å²) in [4.78, 5) is 29.0. The van der Waals surface area contributed by atoms with E-state index in [2.05, 4.69) is 6.58 Å². The van der Waals surface area contributed by atoms with E-state index in [-0.39, 0.29) is 18.4 Å². The van der Waals surface area contributed by atoms with Crippen LogP contribution >= 0.6 is 0 Å². The van der Waals surface area contributed by atoms with Gasteiger partial charge >= 0.3 is 0 Å². The first-order chi connectivity index (χ1) is 13.1. The molecule has 0 aliphatic carbocycles. The summed E-state index contributed by atoms with van der Waals surface area (Å²) in [5.41, 5.74) is 2.55. The van der Waals surface area contributed by atoms with Gasteiger partial charge in [-0.15, -0.1) is 6.58 Å². The normalized spacial score (nSPS) is 13.9. The minimum Gasteiger partial charge on any atom is -0.497 e. The van der Waals surface area contributed by atoms with Crippen LogP contribution in [0.5, 0.6) is 5.75 Å². The number of hydrogen-bond donors (Lipinski definition) is 0. The van der Waals surface area contributed by atoms with E-state index in [1.54, 1.807) is 37.5 Å². The van der Waals surface area contributed by atoms with Gasteiger partial charge in [-0.2, -0.15) is 0 Å². The van der Waals surface area contributed by atoms with Crippen LogP contribution in [0.2, 0.25) is 0 Å². The quantitative estimate of drug-likeness (QED) is 0.561. The molecule has 1 aliphatic rings. The first-order valence-electron chi connectivity index (χ1n) is 8.67. The highest BCUT2D eigenvalue weighted by Crippen LogP contribution is 2.32. The fraction of sp³-hybridized carbons (Fsp3) is 0.182. The van der Waals surface area contributed by atoms with Gasteiger partial charge in [0.1, 0.15) is 11.4 Å². The Morgan fingerprint density at radius 3 is 2.30 bits per heavy atom. The van der Waals surface area contributed by atoms with Crippen molar-refractivity contribution in [2.45, 2.75) is 6.54 Å². The van der Waals surface area contributed by atoms with Gasteiger partial charge in [0, 0.05) is 20.1 Å². The number of methoxy groups -OCH3 is 1. The molecule has 2 amide bonds. The fourth-order valence-corrected chi connectivity index (χ4v) is 3.17. The number of amides is 2. The molecule has 1 heterocycles. The molecule has 3 rings (SSSR count). The molecular formula is C22H22N2O3. The Balaban J connectivity index is 2.03. The molecule has 0 aromatic heterocycles. The number of benzene rings is 2. The molecule has 0 N–H and O–H groups in total. The number of carbonyl (C=O) groups excluding carboxylic acids is 2. The monoisotopic (exact) mass is 362 g/mol. The standard InChI is InChI=1S/C22H22N2O3/c1-4-14-24-21(25)19(17-10-12-18(27-3)13-11-17)20(22(24)26)23(2)15-16-8-6-5-7-9-16/h4-13H,1,14-15H2,2-3H3. The predicted octanol–water partition coefficient (Wildman–Crippen LogP) is 3.09. The van der Waals surface area contributed by atoms with Crippen LogP contribution in [0.25, 0.3) is 5.57 Å². The number of likely N-dealkylation sites (N-methyl/N-ethyl adjacent to an activating group) is 1. The molecule has 0 unspecified atom stereocenters. The second-order valence-corrected chi connectivity index (χ2v) is 6.30. The SMILES string of the molecule is C=CCN1C(=O)C(c2ccc(OC)cc2)=C(N(C)Cc2ccccc2)C1=O. The van der Waals surface area contributed by atoms with Crippen molar-refractivity contribution < 1.29 is 14.3 Å². The molecule has 5 nitrogen and oxygen atoms in total. The number of hydrogen-bond acceptors (Lipinski definition) is 4. The lowest BCUT2D eigenvalue weighted by Crippen LogP contribution is -2.34. The molecule has 0 fully saturated rings. The summed E-state index contributed by atoms with van der Waals surface area (Å²) in [5.74, 6) is 0.0855. The summed E-state index contributed by atoms with van der Waals surface area (Å²) in [6, 6.07) is 17.0. The summed E-state index contributed by atoms with van der Waals surface area (Å²) >= 11 is 0. The second-order valence-electron chi connectivity index (χ2n) is 6.30. The molecule has 27 heavy (non-hydrogen) atoms. The number of imide groups is 1. The van der Waals surface area contributed by atoms with Crippen LogP contribution in [0.3, 0.4) is 0 Å². The van der Waals surface area contributed by atoms with Crippen LogP contribution in [0.4, 0.5) is 0 Å². The predicted molar refractivity (Wildman–Crippen MR) is 105 cm³/mol. The van der Waals surface area contributed by atoms with E-state index in [4.69, 9.17) is 4.74 Å². The van der Waals surface area contributed by atoms with Gasteiger partial charge in [0.15, 0.2) is 0 Å². The van der Waals surface area contributed by atoms with Gasteiger partial charge in [-0.05, 0) is 23.3 Å². The molecule has 0 saturated carbocycles. The molecular weight excluding hydrogens is 340 g/mol. The van der Waals surface area contributed by atoms with E-state index in [0.717, 1.165) is 5.56 Å². The highest BCUT2D eigenvalue weighted by molar-refractivity contribution is 6.35. The zero-order chi connectivity index (χ0) is 19.4. The zero-order valence-corrected chi connectivity index (χ0v) is 15.5. The summed E-state index contributed by atoms with van der Waals surface area (Å²) in [6.45, 7) is 4.36. The molecule has 0 saturated heterocycles. The van der Waals surface area contributed by atoms with Crippen molar-refractivity contribution in [2.24, 2.45) is 0 Å². The van der Waals surface area contributed by atoms with Gasteiger partial charge in [0.25, 0.3) is 11.8 Å². The van der Waals surface area contributed by atoms with Gasteiger partial charge in [-0.25, -0.2) is 0 Å². The molecule has 1 aliphatic heterocycles. The zero-order valence-electron chi connectivity index (χ0n) is 15.5. The minimum absolute atomic E-state index is 0.181. The number of carbonyl (C=O) groups is 2. The molecule has 0 bridgehead atoms. The molecule has 0 atom stereocenters. The van der Waals surface area contributed by atoms with Crippen LogP contribution in [-0.4, -0.2) is 42.3 Å². The maximum absolute atomic E-state index is 13.0. The Labute approximate surface area is 159 Å². The summed E-state index contributed by atoms with van der Waals surface area (Å²) in [7, 11) is 3.41. The van der Waals surface area contributed by atoms with E-state index in [1.807, 2.05) is 42.3 Å². The van der Waals surface area contributed by atoms with E-state index < -0.39 is 0 Å². The molecule has 5 heteroatoms. The largest absolute Gasteiger partial charge is 0.497 e. The van der Waals surface area contributed by atoms with Crippen molar-refractivity contribution in [1.82, 2.24) is 9.80 Å². The van der Waals surface area contributed by atoms with Gasteiger partial charge in [0.05, 0.1) is 12.7 Å². The average Bonchev–Trinajstić information content (AvgIpc) is 2.94. The Morgan fingerprint density at radius 1 is 1.04 bits per heavy atom. The number of rotatable bonds is 7. The van der Waals surface area contributed by atoms with Crippen molar-refractivity contribution >= 4 is 17.4 Å². The Morgan fingerprint density at radius 2 is 1.70 bits per heavy atom. The van der Waals surface area contributed by atoms with Crippen LogP contribution in [0, 0.1) is 0 Å². The molecule has 0 spiro atoms. The van der Waals surface area contributed by atoms with Crippen molar-refractivity contribution in [3.63, 3.8) is 0 Å². The first-order valence-corrected chi connectivity index (χ1v) is 8.67. The minimum atomic E-state index is -0.306. The molecule has 2 aromatic rings. The van der Waals surface area contributed by atoms with E-state index in [9.17, 15) is 9.59 Å². The summed E-state index contributed by atoms with van der Waals surface area (Å²) in [5, 5.41) is 0. The van der Waals surface area contributed by atoms with Crippen molar-refractivity contribution in [1.29, 1.82) is 0 Å². The van der Waals surface area contributed by atoms with Crippen LogP contribution in [0.1, 0.15) is 11.1 Å². The highest BCUT2D eigenvalue weighted by atomic mass is 16.5. The van der Waals surface area contributed by atoms with Crippen molar-refractivity contribution in [3.8, 4) is 5.75 Å². The fourth-order valence-electron chi connectivity index (χ4n) is 3.17. The molecule has 138 valence electrons. The maximum Gasteiger partial charge on any atom is 0.278 e. The van der Waals surface area contributed by atoms with Gasteiger partial charge in [-0.1, -0.05) is 48.5 Å². The highest BCUT2D eigenvalue weighted by Gasteiger charge is 2.40. The van der Waals surface area contributed by atoms with E-state index >= 15 is 0 Å². The summed E-state index contributed by atoms with van der Waals surface area (Å²) in [6.07, 6.45) is 1.56. The lowest BCUT2D eigenvalue weighted by Gasteiger charge is -2.21. The summed E-state index contributed by atoms with van der Waals surface area (Å²) < 4.78 is 5.19. The van der Waals surface area contributed by atoms with Crippen molar-refractivity contribution in [3.05, 3.63) is 84.1 Å². The van der Waals surface area contributed by atoms with Crippen LogP contribution < -0.4 is 4.74 Å². The molecule has 2 aromatic carbocycles. The first kappa shape index (κ1) is 18.5. The van der Waals surface area contributed by atoms with Crippen LogP contribution in [-0.2, 0) is 16.1 Å². The smallest absolute Gasteiger partial charge is 0.278 e. The Hall–Kier alpha value is -3.34.